The molecule has 0 saturated heterocycles. The summed E-state index contributed by atoms with van der Waals surface area (Å²) in [6, 6.07) is 76.7. The minimum Gasteiger partial charge on any atom is -0.310 e. The third-order valence-electron chi connectivity index (χ3n) is 11.9. The monoisotopic (exact) mass is 830 g/mol. The first kappa shape index (κ1) is 40.9. The Bertz CT molecular complexity index is 2900. The number of anilines is 6. The Hall–Kier alpha value is -7.46. The van der Waals surface area contributed by atoms with Crippen molar-refractivity contribution in [3.8, 4) is 43.8 Å². The topological polar surface area (TPSA) is 6.48 Å². The molecule has 0 atom stereocenters. The van der Waals surface area contributed by atoms with Gasteiger partial charge < -0.3 is 9.80 Å². The average molecular weight is 831 g/mol. The molecule has 0 aliphatic heterocycles. The first-order valence-corrected chi connectivity index (χ1v) is 22.5. The quantitative estimate of drug-likeness (QED) is 0.113. The fourth-order valence-corrected chi connectivity index (χ4v) is 9.51. The van der Waals surface area contributed by atoms with Crippen molar-refractivity contribution in [1.29, 1.82) is 0 Å². The van der Waals surface area contributed by atoms with Crippen molar-refractivity contribution >= 4 is 50.3 Å². The molecular weight excluding hydrogens is 781 g/mol. The van der Waals surface area contributed by atoms with Gasteiger partial charge >= 0.3 is 0 Å². The highest BCUT2D eigenvalue weighted by Gasteiger charge is 2.21. The largest absolute Gasteiger partial charge is 0.310 e. The molecule has 3 heteroatoms. The van der Waals surface area contributed by atoms with E-state index in [1.165, 1.54) is 66.1 Å². The standard InChI is InChI=1S/C60H50N2S/c1-5-16-45(6-2)49-23-35-55(36-24-49)62(56-37-29-52(30-38-56)48-21-14-9-15-22-48)60-42-41-59(63-60)57-39-40-58(44(4)43(57)3)61(53-31-25-50(26-32-53)46-17-10-7-11-18-46)54-33-27-51(28-34-54)47-19-12-8-13-20-47/h5-42H,1-4H3. The normalized spacial score (nSPS) is 11.5. The Labute approximate surface area is 377 Å². The second kappa shape index (κ2) is 18.7. The van der Waals surface area contributed by atoms with Crippen molar-refractivity contribution in [2.24, 2.45) is 0 Å². The van der Waals surface area contributed by atoms with Crippen LogP contribution in [0.5, 0.6) is 0 Å². The first-order valence-electron chi connectivity index (χ1n) is 21.7. The summed E-state index contributed by atoms with van der Waals surface area (Å²) in [5.41, 5.74) is 19.0. The number of nitrogens with zero attached hydrogens (tertiary/aromatic N) is 2. The van der Waals surface area contributed by atoms with Gasteiger partial charge in [0.05, 0.1) is 0 Å². The molecule has 2 nitrogen and oxygen atoms in total. The van der Waals surface area contributed by atoms with Crippen LogP contribution >= 0.6 is 11.3 Å². The fourth-order valence-electron chi connectivity index (χ4n) is 8.38. The molecule has 0 unspecified atom stereocenters. The molecule has 306 valence electrons. The van der Waals surface area contributed by atoms with E-state index in [-0.39, 0.29) is 0 Å². The average Bonchev–Trinajstić information content (AvgIpc) is 3.83. The summed E-state index contributed by atoms with van der Waals surface area (Å²) in [6.45, 7) is 8.69. The lowest BCUT2D eigenvalue weighted by molar-refractivity contribution is 1.23. The third-order valence-corrected chi connectivity index (χ3v) is 13.0. The van der Waals surface area contributed by atoms with Crippen molar-refractivity contribution < 1.29 is 0 Å². The molecule has 9 rings (SSSR count). The second-order valence-corrected chi connectivity index (χ2v) is 16.8. The van der Waals surface area contributed by atoms with Gasteiger partial charge in [-0.15, -0.1) is 11.3 Å². The zero-order valence-electron chi connectivity index (χ0n) is 36.2. The Morgan fingerprint density at radius 1 is 0.397 bits per heavy atom. The Morgan fingerprint density at radius 2 is 0.810 bits per heavy atom. The maximum absolute atomic E-state index is 2.40. The summed E-state index contributed by atoms with van der Waals surface area (Å²) in [4.78, 5) is 6.01. The van der Waals surface area contributed by atoms with Crippen LogP contribution in [0.3, 0.4) is 0 Å². The predicted molar refractivity (Wildman–Crippen MR) is 273 cm³/mol. The molecule has 0 spiro atoms. The maximum Gasteiger partial charge on any atom is 0.101 e. The molecule has 1 aromatic heterocycles. The van der Waals surface area contributed by atoms with Gasteiger partial charge in [-0.3, -0.25) is 0 Å². The number of hydrogen-bond donors (Lipinski definition) is 0. The van der Waals surface area contributed by atoms with Gasteiger partial charge in [-0.1, -0.05) is 164 Å². The fraction of sp³-hybridized carbons (Fsp3) is 0.0667. The van der Waals surface area contributed by atoms with E-state index in [1.807, 2.05) is 11.3 Å². The van der Waals surface area contributed by atoms with Crippen molar-refractivity contribution in [3.63, 3.8) is 0 Å². The SMILES string of the molecule is CC=CC(=CC)c1ccc(N(c2ccc(-c3ccccc3)cc2)c2ccc(-c3ccc(N(c4ccc(-c5ccccc5)cc4)c4ccc(-c5ccccc5)cc4)c(C)c3C)s2)cc1. The van der Waals surface area contributed by atoms with Crippen LogP contribution in [0.15, 0.2) is 231 Å². The zero-order chi connectivity index (χ0) is 43.1. The van der Waals surface area contributed by atoms with Crippen LogP contribution in [0.1, 0.15) is 30.5 Å². The molecular formula is C60H50N2S. The number of hydrogen-bond acceptors (Lipinski definition) is 3. The number of benzene rings is 8. The van der Waals surface area contributed by atoms with E-state index in [1.54, 1.807) is 0 Å². The second-order valence-electron chi connectivity index (χ2n) is 15.7. The molecule has 0 N–H and O–H groups in total. The summed E-state index contributed by atoms with van der Waals surface area (Å²) in [6.07, 6.45) is 6.43. The minimum absolute atomic E-state index is 1.11. The molecule has 0 fully saturated rings. The van der Waals surface area contributed by atoms with E-state index in [4.69, 9.17) is 0 Å². The van der Waals surface area contributed by atoms with Crippen LogP contribution in [0.4, 0.5) is 33.4 Å². The van der Waals surface area contributed by atoms with Gasteiger partial charge in [0, 0.05) is 33.3 Å². The molecule has 1 heterocycles. The van der Waals surface area contributed by atoms with Crippen LogP contribution in [0.2, 0.25) is 0 Å². The van der Waals surface area contributed by atoms with E-state index in [9.17, 15) is 0 Å². The van der Waals surface area contributed by atoms with Crippen molar-refractivity contribution in [2.45, 2.75) is 27.7 Å². The van der Waals surface area contributed by atoms with Gasteiger partial charge in [0.25, 0.3) is 0 Å². The van der Waals surface area contributed by atoms with Crippen molar-refractivity contribution in [3.05, 3.63) is 247 Å². The zero-order valence-corrected chi connectivity index (χ0v) is 37.1. The van der Waals surface area contributed by atoms with Crippen molar-refractivity contribution in [1.82, 2.24) is 0 Å². The molecule has 63 heavy (non-hydrogen) atoms. The highest BCUT2D eigenvalue weighted by atomic mass is 32.1. The van der Waals surface area contributed by atoms with E-state index < -0.39 is 0 Å². The van der Waals surface area contributed by atoms with Gasteiger partial charge in [-0.2, -0.15) is 0 Å². The van der Waals surface area contributed by atoms with E-state index in [0.717, 1.165) is 33.4 Å². The number of allylic oxidation sites excluding steroid dienone is 4. The van der Waals surface area contributed by atoms with Crippen LogP contribution in [-0.4, -0.2) is 0 Å². The molecule has 0 aliphatic rings. The van der Waals surface area contributed by atoms with Crippen LogP contribution in [0, 0.1) is 13.8 Å². The molecule has 9 aromatic rings. The van der Waals surface area contributed by atoms with E-state index >= 15 is 0 Å². The summed E-state index contributed by atoms with van der Waals surface area (Å²) in [5, 5.41) is 1.16. The molecule has 0 aliphatic carbocycles. The lowest BCUT2D eigenvalue weighted by Gasteiger charge is -2.29. The molecule has 0 bridgehead atoms. The molecule has 0 radical (unpaired) electrons. The van der Waals surface area contributed by atoms with Gasteiger partial charge in [0.2, 0.25) is 0 Å². The van der Waals surface area contributed by atoms with Crippen LogP contribution < -0.4 is 9.80 Å². The van der Waals surface area contributed by atoms with Gasteiger partial charge in [0.15, 0.2) is 0 Å². The predicted octanol–water partition coefficient (Wildman–Crippen LogP) is 18.0. The van der Waals surface area contributed by atoms with E-state index in [0.29, 0.717) is 0 Å². The third kappa shape index (κ3) is 8.70. The van der Waals surface area contributed by atoms with Crippen LogP contribution in [0.25, 0.3) is 49.4 Å². The Morgan fingerprint density at radius 3 is 1.24 bits per heavy atom. The summed E-state index contributed by atoms with van der Waals surface area (Å²) >= 11 is 1.83. The van der Waals surface area contributed by atoms with E-state index in [2.05, 4.69) is 268 Å². The minimum atomic E-state index is 1.11. The van der Waals surface area contributed by atoms with Gasteiger partial charge in [-0.05, 0) is 156 Å². The lowest BCUT2D eigenvalue weighted by Crippen LogP contribution is -2.12. The molecule has 0 saturated carbocycles. The first-order chi connectivity index (χ1) is 31.0. The highest BCUT2D eigenvalue weighted by molar-refractivity contribution is 7.19. The smallest absolute Gasteiger partial charge is 0.101 e. The number of thiophene rings is 1. The number of rotatable bonds is 12. The summed E-state index contributed by atoms with van der Waals surface area (Å²) < 4.78 is 0. The molecule has 8 aromatic carbocycles. The van der Waals surface area contributed by atoms with Gasteiger partial charge in [0.1, 0.15) is 5.00 Å². The van der Waals surface area contributed by atoms with Gasteiger partial charge in [-0.25, -0.2) is 0 Å². The summed E-state index contributed by atoms with van der Waals surface area (Å²) in [5.74, 6) is 0. The Kier molecular flexibility index (Phi) is 12.1. The van der Waals surface area contributed by atoms with Crippen LogP contribution in [-0.2, 0) is 0 Å². The van der Waals surface area contributed by atoms with Crippen molar-refractivity contribution in [2.75, 3.05) is 9.80 Å². The summed E-state index contributed by atoms with van der Waals surface area (Å²) in [7, 11) is 0. The maximum atomic E-state index is 2.40. The lowest BCUT2D eigenvalue weighted by atomic mass is 9.98. The highest BCUT2D eigenvalue weighted by Crippen LogP contribution is 2.46. The Balaban J connectivity index is 1.09. The molecule has 0 amide bonds.